The molecule has 1 aromatic heterocycles. The zero-order valence-electron chi connectivity index (χ0n) is 10.8. The highest BCUT2D eigenvalue weighted by molar-refractivity contribution is 7.20. The molecule has 100 valence electrons. The first kappa shape index (κ1) is 13.2. The first-order valence-corrected chi connectivity index (χ1v) is 7.33. The van der Waals surface area contributed by atoms with E-state index in [9.17, 15) is 0 Å². The van der Waals surface area contributed by atoms with E-state index in [1.807, 2.05) is 54.6 Å². The molecule has 3 aromatic rings. The topological polar surface area (TPSA) is 22.1 Å². The Labute approximate surface area is 126 Å². The number of thiazole rings is 1. The molecule has 4 heteroatoms. The van der Waals surface area contributed by atoms with Crippen molar-refractivity contribution < 1.29 is 4.74 Å². The van der Waals surface area contributed by atoms with Crippen LogP contribution in [0.25, 0.3) is 21.3 Å². The van der Waals surface area contributed by atoms with E-state index < -0.39 is 0 Å². The fraction of sp³-hybridized carbons (Fsp3) is 0.0625. The van der Waals surface area contributed by atoms with Gasteiger partial charge in [0.05, 0.1) is 22.4 Å². The summed E-state index contributed by atoms with van der Waals surface area (Å²) in [5, 5.41) is 1.47. The van der Waals surface area contributed by atoms with Gasteiger partial charge in [-0.15, -0.1) is 11.3 Å². The molecule has 0 aliphatic heterocycles. The van der Waals surface area contributed by atoms with Crippen molar-refractivity contribution in [2.75, 3.05) is 7.11 Å². The van der Waals surface area contributed by atoms with Gasteiger partial charge in [-0.1, -0.05) is 35.9 Å². The molecule has 0 spiro atoms. The van der Waals surface area contributed by atoms with Crippen LogP contribution in [0.4, 0.5) is 0 Å². The minimum atomic E-state index is 0.638. The Hall–Kier alpha value is -1.84. The van der Waals surface area contributed by atoms with Crippen molar-refractivity contribution in [1.29, 1.82) is 0 Å². The Kier molecular flexibility index (Phi) is 3.72. The number of nitrogens with zero attached hydrogens (tertiary/aromatic N) is 1. The quantitative estimate of drug-likeness (QED) is 0.676. The van der Waals surface area contributed by atoms with Crippen molar-refractivity contribution in [3.63, 3.8) is 0 Å². The lowest BCUT2D eigenvalue weighted by Gasteiger charge is -2.00. The number of methoxy groups -OCH3 is 1. The van der Waals surface area contributed by atoms with Crippen molar-refractivity contribution in [3.05, 3.63) is 59.1 Å². The molecule has 0 atom stereocenters. The number of ether oxygens (including phenoxy) is 1. The van der Waals surface area contributed by atoms with Crippen LogP contribution in [0.15, 0.2) is 48.5 Å². The summed E-state index contributed by atoms with van der Waals surface area (Å²) >= 11 is 7.97. The van der Waals surface area contributed by atoms with E-state index in [0.29, 0.717) is 5.03 Å². The fourth-order valence-electron chi connectivity index (χ4n) is 1.91. The summed E-state index contributed by atoms with van der Waals surface area (Å²) in [5.41, 5.74) is 1.97. The van der Waals surface area contributed by atoms with E-state index in [2.05, 4.69) is 4.98 Å². The summed E-state index contributed by atoms with van der Waals surface area (Å²) in [6.07, 6.45) is 1.90. The first-order valence-electron chi connectivity index (χ1n) is 6.13. The van der Waals surface area contributed by atoms with Crippen LogP contribution >= 0.6 is 22.9 Å². The van der Waals surface area contributed by atoms with Gasteiger partial charge in [-0.2, -0.15) is 0 Å². The molecule has 0 aliphatic carbocycles. The first-order chi connectivity index (χ1) is 9.76. The van der Waals surface area contributed by atoms with Crippen molar-refractivity contribution in [2.45, 2.75) is 0 Å². The highest BCUT2D eigenvalue weighted by Gasteiger charge is 2.06. The molecule has 0 bridgehead atoms. The SMILES string of the molecule is COc1cccc(/C=C(\Cl)c2nc3ccccc3s2)c1. The molecule has 0 aliphatic rings. The predicted molar refractivity (Wildman–Crippen MR) is 86.3 cm³/mol. The zero-order valence-corrected chi connectivity index (χ0v) is 12.4. The van der Waals surface area contributed by atoms with E-state index in [1.165, 1.54) is 0 Å². The molecule has 2 nitrogen and oxygen atoms in total. The Balaban J connectivity index is 1.97. The van der Waals surface area contributed by atoms with Crippen LogP contribution in [0.1, 0.15) is 10.6 Å². The van der Waals surface area contributed by atoms with Crippen molar-refractivity contribution in [3.8, 4) is 5.75 Å². The number of benzene rings is 2. The van der Waals surface area contributed by atoms with Crippen LogP contribution in [-0.4, -0.2) is 12.1 Å². The molecule has 2 aromatic carbocycles. The van der Waals surface area contributed by atoms with Gasteiger partial charge in [-0.25, -0.2) is 4.98 Å². The third-order valence-electron chi connectivity index (χ3n) is 2.89. The molecule has 0 radical (unpaired) electrons. The number of para-hydroxylation sites is 1. The molecular formula is C16H12ClNOS. The average molecular weight is 302 g/mol. The van der Waals surface area contributed by atoms with Crippen molar-refractivity contribution in [1.82, 2.24) is 4.98 Å². The standard InChI is InChI=1S/C16H12ClNOS/c1-19-12-6-4-5-11(9-12)10-13(17)16-18-14-7-2-3-8-15(14)20-16/h2-10H,1H3/b13-10-. The Morgan fingerprint density at radius 1 is 1.20 bits per heavy atom. The molecule has 0 saturated carbocycles. The van der Waals surface area contributed by atoms with Gasteiger partial charge in [0.15, 0.2) is 0 Å². The van der Waals surface area contributed by atoms with Gasteiger partial charge < -0.3 is 4.74 Å². The van der Waals surface area contributed by atoms with Crippen LogP contribution in [0.3, 0.4) is 0 Å². The van der Waals surface area contributed by atoms with Gasteiger partial charge in [0.25, 0.3) is 0 Å². The molecule has 0 saturated heterocycles. The van der Waals surface area contributed by atoms with Crippen LogP contribution in [-0.2, 0) is 0 Å². The molecule has 1 heterocycles. The van der Waals surface area contributed by atoms with E-state index in [4.69, 9.17) is 16.3 Å². The smallest absolute Gasteiger partial charge is 0.136 e. The molecule has 0 N–H and O–H groups in total. The lowest BCUT2D eigenvalue weighted by Crippen LogP contribution is -1.83. The number of hydrogen-bond acceptors (Lipinski definition) is 3. The third kappa shape index (κ3) is 2.69. The second-order valence-electron chi connectivity index (χ2n) is 4.26. The molecule has 0 unspecified atom stereocenters. The molecule has 3 rings (SSSR count). The normalized spacial score (nSPS) is 11.8. The van der Waals surface area contributed by atoms with Crippen LogP contribution in [0.5, 0.6) is 5.75 Å². The maximum atomic E-state index is 6.38. The monoisotopic (exact) mass is 301 g/mol. The minimum Gasteiger partial charge on any atom is -0.497 e. The largest absolute Gasteiger partial charge is 0.497 e. The average Bonchev–Trinajstić information content (AvgIpc) is 2.91. The lowest BCUT2D eigenvalue weighted by atomic mass is 10.2. The predicted octanol–water partition coefficient (Wildman–Crippen LogP) is 5.04. The van der Waals surface area contributed by atoms with Gasteiger partial charge in [0.2, 0.25) is 0 Å². The van der Waals surface area contributed by atoms with Crippen molar-refractivity contribution in [2.24, 2.45) is 0 Å². The molecule has 20 heavy (non-hydrogen) atoms. The number of fused-ring (bicyclic) bond motifs is 1. The van der Waals surface area contributed by atoms with Gasteiger partial charge in [-0.3, -0.25) is 0 Å². The number of rotatable bonds is 3. The van der Waals surface area contributed by atoms with Gasteiger partial charge in [0, 0.05) is 0 Å². The van der Waals surface area contributed by atoms with E-state index in [-0.39, 0.29) is 0 Å². The van der Waals surface area contributed by atoms with Crippen LogP contribution < -0.4 is 4.74 Å². The fourth-order valence-corrected chi connectivity index (χ4v) is 3.07. The van der Waals surface area contributed by atoms with Crippen LogP contribution in [0.2, 0.25) is 0 Å². The summed E-state index contributed by atoms with van der Waals surface area (Å²) in [4.78, 5) is 4.54. The van der Waals surface area contributed by atoms with Crippen LogP contribution in [0, 0.1) is 0 Å². The maximum absolute atomic E-state index is 6.38. The second-order valence-corrected chi connectivity index (χ2v) is 5.69. The second kappa shape index (κ2) is 5.65. The summed E-state index contributed by atoms with van der Waals surface area (Å²) in [5.74, 6) is 0.813. The number of halogens is 1. The highest BCUT2D eigenvalue weighted by Crippen LogP contribution is 2.30. The zero-order chi connectivity index (χ0) is 13.9. The summed E-state index contributed by atoms with van der Waals surface area (Å²) < 4.78 is 6.34. The molecular weight excluding hydrogens is 290 g/mol. The van der Waals surface area contributed by atoms with Crippen molar-refractivity contribution >= 4 is 44.3 Å². The van der Waals surface area contributed by atoms with Gasteiger partial charge in [-0.05, 0) is 35.9 Å². The highest BCUT2D eigenvalue weighted by atomic mass is 35.5. The number of aromatic nitrogens is 1. The summed E-state index contributed by atoms with van der Waals surface area (Å²) in [6.45, 7) is 0. The Bertz CT molecular complexity index is 746. The number of hydrogen-bond donors (Lipinski definition) is 0. The molecule has 0 fully saturated rings. The Morgan fingerprint density at radius 2 is 2.05 bits per heavy atom. The van der Waals surface area contributed by atoms with Gasteiger partial charge in [0.1, 0.15) is 10.8 Å². The minimum absolute atomic E-state index is 0.638. The van der Waals surface area contributed by atoms with E-state index in [1.54, 1.807) is 18.4 Å². The summed E-state index contributed by atoms with van der Waals surface area (Å²) in [6, 6.07) is 15.8. The van der Waals surface area contributed by atoms with Gasteiger partial charge >= 0.3 is 0 Å². The summed E-state index contributed by atoms with van der Waals surface area (Å²) in [7, 11) is 1.65. The lowest BCUT2D eigenvalue weighted by molar-refractivity contribution is 0.414. The Morgan fingerprint density at radius 3 is 2.85 bits per heavy atom. The maximum Gasteiger partial charge on any atom is 0.136 e. The third-order valence-corrected chi connectivity index (χ3v) is 4.36. The van der Waals surface area contributed by atoms with E-state index in [0.717, 1.165) is 26.5 Å². The molecule has 0 amide bonds. The van der Waals surface area contributed by atoms with E-state index >= 15 is 0 Å².